The van der Waals surface area contributed by atoms with Crippen LogP contribution in [0.1, 0.15) is 52.9 Å². The SMILES string of the molecule is CCC[C@@H](N)C(=O)NC1CC(C)CC(C)C1. The van der Waals surface area contributed by atoms with E-state index in [1.165, 1.54) is 6.42 Å². The Morgan fingerprint density at radius 1 is 1.31 bits per heavy atom. The molecule has 1 rings (SSSR count). The second kappa shape index (κ2) is 6.24. The molecular formula is C13H26N2O. The molecule has 1 aliphatic rings. The molecule has 1 aliphatic carbocycles. The highest BCUT2D eigenvalue weighted by molar-refractivity contribution is 5.81. The number of carbonyl (C=O) groups excluding carboxylic acids is 1. The number of rotatable bonds is 4. The molecule has 3 nitrogen and oxygen atoms in total. The first-order valence-electron chi connectivity index (χ1n) is 6.58. The molecule has 0 aromatic rings. The molecule has 3 atom stereocenters. The van der Waals surface area contributed by atoms with Crippen LogP contribution >= 0.6 is 0 Å². The molecule has 1 amide bonds. The summed E-state index contributed by atoms with van der Waals surface area (Å²) in [5.41, 5.74) is 5.80. The van der Waals surface area contributed by atoms with Gasteiger partial charge in [-0.25, -0.2) is 0 Å². The largest absolute Gasteiger partial charge is 0.352 e. The lowest BCUT2D eigenvalue weighted by Crippen LogP contribution is -2.47. The van der Waals surface area contributed by atoms with E-state index in [-0.39, 0.29) is 11.9 Å². The van der Waals surface area contributed by atoms with Crippen LogP contribution in [0, 0.1) is 11.8 Å². The number of hydrogen-bond donors (Lipinski definition) is 2. The lowest BCUT2D eigenvalue weighted by Gasteiger charge is -2.32. The van der Waals surface area contributed by atoms with Crippen LogP contribution in [0.15, 0.2) is 0 Å². The summed E-state index contributed by atoms with van der Waals surface area (Å²) in [6.07, 6.45) is 5.24. The van der Waals surface area contributed by atoms with Gasteiger partial charge in [0, 0.05) is 6.04 Å². The minimum absolute atomic E-state index is 0.0353. The number of nitrogens with one attached hydrogen (secondary N) is 1. The van der Waals surface area contributed by atoms with Gasteiger partial charge < -0.3 is 11.1 Å². The summed E-state index contributed by atoms with van der Waals surface area (Å²) in [5.74, 6) is 1.47. The van der Waals surface area contributed by atoms with Crippen LogP contribution in [0.4, 0.5) is 0 Å². The van der Waals surface area contributed by atoms with Crippen molar-refractivity contribution in [2.75, 3.05) is 0 Å². The molecule has 0 spiro atoms. The van der Waals surface area contributed by atoms with Crippen LogP contribution in [-0.2, 0) is 4.79 Å². The molecule has 3 heteroatoms. The van der Waals surface area contributed by atoms with Gasteiger partial charge in [0.1, 0.15) is 0 Å². The quantitative estimate of drug-likeness (QED) is 0.771. The summed E-state index contributed by atoms with van der Waals surface area (Å²) < 4.78 is 0. The van der Waals surface area contributed by atoms with Gasteiger partial charge in [-0.2, -0.15) is 0 Å². The second-order valence-electron chi connectivity index (χ2n) is 5.52. The normalized spacial score (nSPS) is 32.1. The van der Waals surface area contributed by atoms with E-state index in [1.807, 2.05) is 0 Å². The fourth-order valence-corrected chi connectivity index (χ4v) is 2.82. The van der Waals surface area contributed by atoms with Gasteiger partial charge in [-0.1, -0.05) is 27.2 Å². The van der Waals surface area contributed by atoms with Gasteiger partial charge in [-0.15, -0.1) is 0 Å². The van der Waals surface area contributed by atoms with Gasteiger partial charge >= 0.3 is 0 Å². The Morgan fingerprint density at radius 2 is 1.88 bits per heavy atom. The van der Waals surface area contributed by atoms with Crippen LogP contribution in [0.25, 0.3) is 0 Å². The van der Waals surface area contributed by atoms with Gasteiger partial charge in [-0.3, -0.25) is 4.79 Å². The number of carbonyl (C=O) groups is 1. The van der Waals surface area contributed by atoms with Crippen molar-refractivity contribution in [2.24, 2.45) is 17.6 Å². The maximum absolute atomic E-state index is 11.8. The molecular weight excluding hydrogens is 200 g/mol. The van der Waals surface area contributed by atoms with E-state index in [2.05, 4.69) is 26.1 Å². The van der Waals surface area contributed by atoms with Gasteiger partial charge in [0.2, 0.25) is 5.91 Å². The number of hydrogen-bond acceptors (Lipinski definition) is 2. The summed E-state index contributed by atoms with van der Waals surface area (Å²) in [5, 5.41) is 3.10. The highest BCUT2D eigenvalue weighted by Gasteiger charge is 2.26. The Morgan fingerprint density at radius 3 is 2.38 bits per heavy atom. The average molecular weight is 226 g/mol. The van der Waals surface area contributed by atoms with E-state index < -0.39 is 0 Å². The molecule has 1 fully saturated rings. The molecule has 16 heavy (non-hydrogen) atoms. The third-order valence-electron chi connectivity index (χ3n) is 3.46. The van der Waals surface area contributed by atoms with Crippen LogP contribution in [0.5, 0.6) is 0 Å². The predicted octanol–water partition coefficient (Wildman–Crippen LogP) is 2.05. The van der Waals surface area contributed by atoms with Crippen molar-refractivity contribution >= 4 is 5.91 Å². The third-order valence-corrected chi connectivity index (χ3v) is 3.46. The van der Waals surface area contributed by atoms with Crippen LogP contribution in [0.2, 0.25) is 0 Å². The van der Waals surface area contributed by atoms with E-state index in [9.17, 15) is 4.79 Å². The van der Waals surface area contributed by atoms with E-state index in [4.69, 9.17) is 5.73 Å². The Balaban J connectivity index is 2.38. The lowest BCUT2D eigenvalue weighted by molar-refractivity contribution is -0.123. The minimum atomic E-state index is -0.322. The van der Waals surface area contributed by atoms with Crippen molar-refractivity contribution in [3.05, 3.63) is 0 Å². The Labute approximate surface area is 99.2 Å². The van der Waals surface area contributed by atoms with Crippen molar-refractivity contribution in [3.8, 4) is 0 Å². The highest BCUT2D eigenvalue weighted by atomic mass is 16.2. The average Bonchev–Trinajstić information content (AvgIpc) is 2.16. The van der Waals surface area contributed by atoms with E-state index in [0.717, 1.165) is 37.5 Å². The standard InChI is InChI=1S/C13H26N2O/c1-4-5-12(14)13(16)15-11-7-9(2)6-10(3)8-11/h9-12H,4-8,14H2,1-3H3,(H,15,16)/t9?,10?,11?,12-/m1/s1. The molecule has 3 N–H and O–H groups in total. The monoisotopic (exact) mass is 226 g/mol. The number of nitrogens with two attached hydrogens (primary N) is 1. The summed E-state index contributed by atoms with van der Waals surface area (Å²) in [6.45, 7) is 6.58. The zero-order valence-electron chi connectivity index (χ0n) is 10.8. The van der Waals surface area contributed by atoms with Gasteiger partial charge in [0.05, 0.1) is 6.04 Å². The Bertz CT molecular complexity index is 220. The van der Waals surface area contributed by atoms with Crippen molar-refractivity contribution in [1.29, 1.82) is 0 Å². The minimum Gasteiger partial charge on any atom is -0.352 e. The first-order valence-corrected chi connectivity index (χ1v) is 6.58. The van der Waals surface area contributed by atoms with Crippen molar-refractivity contribution < 1.29 is 4.79 Å². The molecule has 0 aromatic carbocycles. The smallest absolute Gasteiger partial charge is 0.237 e. The third kappa shape index (κ3) is 4.12. The first-order chi connectivity index (χ1) is 7.52. The Kier molecular flexibility index (Phi) is 5.26. The maximum Gasteiger partial charge on any atom is 0.237 e. The summed E-state index contributed by atoms with van der Waals surface area (Å²) >= 11 is 0. The first kappa shape index (κ1) is 13.5. The number of amides is 1. The van der Waals surface area contributed by atoms with Crippen molar-refractivity contribution in [2.45, 2.75) is 65.0 Å². The van der Waals surface area contributed by atoms with Crippen LogP contribution in [-0.4, -0.2) is 18.0 Å². The molecule has 0 aromatic heterocycles. The van der Waals surface area contributed by atoms with E-state index >= 15 is 0 Å². The topological polar surface area (TPSA) is 55.1 Å². The molecule has 0 aliphatic heterocycles. The fourth-order valence-electron chi connectivity index (χ4n) is 2.82. The maximum atomic E-state index is 11.8. The van der Waals surface area contributed by atoms with Crippen LogP contribution in [0.3, 0.4) is 0 Å². The zero-order valence-corrected chi connectivity index (χ0v) is 10.8. The fraction of sp³-hybridized carbons (Fsp3) is 0.923. The van der Waals surface area contributed by atoms with E-state index in [0.29, 0.717) is 6.04 Å². The van der Waals surface area contributed by atoms with E-state index in [1.54, 1.807) is 0 Å². The van der Waals surface area contributed by atoms with Crippen molar-refractivity contribution in [3.63, 3.8) is 0 Å². The van der Waals surface area contributed by atoms with Crippen molar-refractivity contribution in [1.82, 2.24) is 5.32 Å². The molecule has 0 saturated heterocycles. The summed E-state index contributed by atoms with van der Waals surface area (Å²) in [6, 6.07) is 0.0201. The molecule has 94 valence electrons. The summed E-state index contributed by atoms with van der Waals surface area (Å²) in [7, 11) is 0. The second-order valence-corrected chi connectivity index (χ2v) is 5.52. The predicted molar refractivity (Wildman–Crippen MR) is 67.0 cm³/mol. The molecule has 0 heterocycles. The molecule has 0 radical (unpaired) electrons. The lowest BCUT2D eigenvalue weighted by atomic mass is 9.80. The molecule has 1 saturated carbocycles. The summed E-state index contributed by atoms with van der Waals surface area (Å²) in [4.78, 5) is 11.8. The molecule has 2 unspecified atom stereocenters. The molecule has 0 bridgehead atoms. The van der Waals surface area contributed by atoms with Gasteiger partial charge in [0.25, 0.3) is 0 Å². The zero-order chi connectivity index (χ0) is 12.1. The highest BCUT2D eigenvalue weighted by Crippen LogP contribution is 2.28. The van der Waals surface area contributed by atoms with Gasteiger partial charge in [-0.05, 0) is 37.5 Å². The van der Waals surface area contributed by atoms with Crippen LogP contribution < -0.4 is 11.1 Å². The van der Waals surface area contributed by atoms with Gasteiger partial charge in [0.15, 0.2) is 0 Å². The Hall–Kier alpha value is -0.570.